The van der Waals surface area contributed by atoms with E-state index in [1.165, 1.54) is 19.6 Å². The molecule has 17 heavy (non-hydrogen) atoms. The van der Waals surface area contributed by atoms with Crippen molar-refractivity contribution < 1.29 is 9.53 Å². The van der Waals surface area contributed by atoms with Gasteiger partial charge in [0, 0.05) is 19.3 Å². The Morgan fingerprint density at radius 3 is 2.76 bits per heavy atom. The molecule has 92 valence electrons. The summed E-state index contributed by atoms with van der Waals surface area (Å²) in [5, 5.41) is 0. The third-order valence-electron chi connectivity index (χ3n) is 3.03. The smallest absolute Gasteiger partial charge is 0.343 e. The molecule has 2 rings (SSSR count). The summed E-state index contributed by atoms with van der Waals surface area (Å²) in [7, 11) is 1.28. The molecule has 0 aliphatic carbocycles. The average molecular weight is 236 g/mol. The number of hydrogen-bond acceptors (Lipinski definition) is 4. The van der Waals surface area contributed by atoms with Crippen LogP contribution in [0.3, 0.4) is 0 Å². The van der Waals surface area contributed by atoms with Crippen molar-refractivity contribution in [2.24, 2.45) is 0 Å². The van der Waals surface area contributed by atoms with E-state index in [-0.39, 0.29) is 11.1 Å². The number of ether oxygens (including phenoxy) is 1. The van der Waals surface area contributed by atoms with Crippen molar-refractivity contribution in [1.82, 2.24) is 9.47 Å². The van der Waals surface area contributed by atoms with Gasteiger partial charge >= 0.3 is 5.97 Å². The van der Waals surface area contributed by atoms with Crippen molar-refractivity contribution >= 4 is 5.97 Å². The van der Waals surface area contributed by atoms with E-state index in [1.54, 1.807) is 16.8 Å². The Bertz CT molecular complexity index is 463. The second-order valence-corrected chi connectivity index (χ2v) is 4.11. The lowest BCUT2D eigenvalue weighted by Gasteiger charge is -2.30. The summed E-state index contributed by atoms with van der Waals surface area (Å²) < 4.78 is 6.13. The lowest BCUT2D eigenvalue weighted by Crippen LogP contribution is -2.40. The molecule has 1 fully saturated rings. The molecule has 0 bridgehead atoms. The largest absolute Gasteiger partial charge is 0.465 e. The van der Waals surface area contributed by atoms with Crippen LogP contribution in [-0.2, 0) is 11.3 Å². The third kappa shape index (κ3) is 2.55. The van der Waals surface area contributed by atoms with Crippen LogP contribution < -0.4 is 5.56 Å². The summed E-state index contributed by atoms with van der Waals surface area (Å²) in [6.45, 7) is 3.67. The second-order valence-electron chi connectivity index (χ2n) is 4.11. The quantitative estimate of drug-likeness (QED) is 0.707. The lowest BCUT2D eigenvalue weighted by atomic mass is 10.2. The molecule has 1 aromatic rings. The minimum atomic E-state index is -0.576. The highest BCUT2D eigenvalue weighted by Gasteiger charge is 2.15. The number of carbonyl (C=O) groups is 1. The maximum absolute atomic E-state index is 11.9. The molecular formula is C12H16N2O3. The van der Waals surface area contributed by atoms with Gasteiger partial charge in [0.1, 0.15) is 5.56 Å². The molecule has 1 aromatic heterocycles. The van der Waals surface area contributed by atoms with E-state index in [0.717, 1.165) is 19.6 Å². The molecule has 1 aliphatic heterocycles. The molecule has 0 spiro atoms. The summed E-state index contributed by atoms with van der Waals surface area (Å²) in [6.07, 6.45) is 2.94. The first-order chi connectivity index (χ1) is 8.22. The van der Waals surface area contributed by atoms with Gasteiger partial charge < -0.3 is 14.2 Å². The normalized spacial score (nSPS) is 15.4. The van der Waals surface area contributed by atoms with Crippen molar-refractivity contribution in [3.63, 3.8) is 0 Å². The van der Waals surface area contributed by atoms with Crippen molar-refractivity contribution in [2.75, 3.05) is 26.7 Å². The molecule has 0 saturated carbocycles. The fourth-order valence-corrected chi connectivity index (χ4v) is 1.83. The van der Waals surface area contributed by atoms with Crippen LogP contribution in [-0.4, -0.2) is 42.2 Å². The highest BCUT2D eigenvalue weighted by molar-refractivity contribution is 5.88. The molecular weight excluding hydrogens is 220 g/mol. The van der Waals surface area contributed by atoms with Crippen LogP contribution in [0.1, 0.15) is 16.8 Å². The van der Waals surface area contributed by atoms with Gasteiger partial charge in [-0.15, -0.1) is 0 Å². The molecule has 5 nitrogen and oxygen atoms in total. The van der Waals surface area contributed by atoms with E-state index in [4.69, 9.17) is 0 Å². The van der Waals surface area contributed by atoms with Gasteiger partial charge in [-0.1, -0.05) is 0 Å². The van der Waals surface area contributed by atoms with Gasteiger partial charge in [-0.3, -0.25) is 4.79 Å². The number of carbonyl (C=O) groups excluding carboxylic acids is 1. The van der Waals surface area contributed by atoms with E-state index >= 15 is 0 Å². The number of nitrogens with zero attached hydrogens (tertiary/aromatic N) is 2. The minimum Gasteiger partial charge on any atom is -0.465 e. The molecule has 5 heteroatoms. The molecule has 1 saturated heterocycles. The second kappa shape index (κ2) is 5.14. The standard InChI is InChI=1S/C12H16N2O3/c1-17-12(16)10-4-2-7-14(11(10)15)9-8-13-5-3-6-13/h2,4,7H,3,5-6,8-9H2,1H3. The van der Waals surface area contributed by atoms with Crippen LogP contribution in [0, 0.1) is 0 Å². The minimum absolute atomic E-state index is 0.0959. The Labute approximate surface area is 99.6 Å². The predicted molar refractivity (Wildman–Crippen MR) is 63.1 cm³/mol. The molecule has 0 atom stereocenters. The summed E-state index contributed by atoms with van der Waals surface area (Å²) >= 11 is 0. The van der Waals surface area contributed by atoms with Crippen molar-refractivity contribution in [2.45, 2.75) is 13.0 Å². The molecule has 1 aliphatic rings. The zero-order valence-corrected chi connectivity index (χ0v) is 9.89. The van der Waals surface area contributed by atoms with Crippen molar-refractivity contribution in [1.29, 1.82) is 0 Å². The summed E-state index contributed by atoms with van der Waals surface area (Å²) in [4.78, 5) is 25.6. The summed E-state index contributed by atoms with van der Waals surface area (Å²) in [6, 6.07) is 3.19. The first-order valence-electron chi connectivity index (χ1n) is 5.72. The Balaban J connectivity index is 2.11. The van der Waals surface area contributed by atoms with Gasteiger partial charge in [-0.2, -0.15) is 0 Å². The van der Waals surface area contributed by atoms with Crippen molar-refractivity contribution in [3.05, 3.63) is 34.2 Å². The Morgan fingerprint density at radius 2 is 2.18 bits per heavy atom. The first-order valence-corrected chi connectivity index (χ1v) is 5.72. The van der Waals surface area contributed by atoms with Gasteiger partial charge in [-0.25, -0.2) is 4.79 Å². The van der Waals surface area contributed by atoms with Crippen LogP contribution in [0.4, 0.5) is 0 Å². The molecule has 2 heterocycles. The fourth-order valence-electron chi connectivity index (χ4n) is 1.83. The summed E-state index contributed by atoms with van der Waals surface area (Å²) in [5.41, 5.74) is -0.182. The van der Waals surface area contributed by atoms with Gasteiger partial charge in [0.2, 0.25) is 0 Å². The molecule has 0 amide bonds. The maximum Gasteiger partial charge on any atom is 0.343 e. The topological polar surface area (TPSA) is 51.5 Å². The molecule has 0 N–H and O–H groups in total. The molecule has 0 radical (unpaired) electrons. The number of methoxy groups -OCH3 is 1. The number of aromatic nitrogens is 1. The van der Waals surface area contributed by atoms with Gasteiger partial charge in [0.25, 0.3) is 5.56 Å². The number of hydrogen-bond donors (Lipinski definition) is 0. The van der Waals surface area contributed by atoms with Crippen molar-refractivity contribution in [3.8, 4) is 0 Å². The highest BCUT2D eigenvalue weighted by atomic mass is 16.5. The zero-order chi connectivity index (χ0) is 12.3. The SMILES string of the molecule is COC(=O)c1cccn(CCN2CCC2)c1=O. The number of pyridine rings is 1. The van der Waals surface area contributed by atoms with Crippen LogP contribution in [0.5, 0.6) is 0 Å². The number of esters is 1. The van der Waals surface area contributed by atoms with E-state index in [1.807, 2.05) is 0 Å². The molecule has 0 unspecified atom stereocenters. The van der Waals surface area contributed by atoms with Gasteiger partial charge in [0.15, 0.2) is 0 Å². The van der Waals surface area contributed by atoms with E-state index in [2.05, 4.69) is 9.64 Å². The average Bonchev–Trinajstić information content (AvgIpc) is 2.28. The van der Waals surface area contributed by atoms with Crippen LogP contribution in [0.15, 0.2) is 23.1 Å². The highest BCUT2D eigenvalue weighted by Crippen LogP contribution is 2.04. The zero-order valence-electron chi connectivity index (χ0n) is 9.89. The Hall–Kier alpha value is -1.62. The Morgan fingerprint density at radius 1 is 1.41 bits per heavy atom. The van der Waals surface area contributed by atoms with Crippen LogP contribution in [0.2, 0.25) is 0 Å². The van der Waals surface area contributed by atoms with Gasteiger partial charge in [0.05, 0.1) is 7.11 Å². The number of likely N-dealkylation sites (tertiary alicyclic amines) is 1. The monoisotopic (exact) mass is 236 g/mol. The van der Waals surface area contributed by atoms with E-state index < -0.39 is 5.97 Å². The molecule has 0 aromatic carbocycles. The van der Waals surface area contributed by atoms with E-state index in [0.29, 0.717) is 6.54 Å². The predicted octanol–water partition coefficient (Wildman–Crippen LogP) is 0.341. The van der Waals surface area contributed by atoms with E-state index in [9.17, 15) is 9.59 Å². The fraction of sp³-hybridized carbons (Fsp3) is 0.500. The maximum atomic E-state index is 11.9. The van der Waals surface area contributed by atoms with Crippen LogP contribution >= 0.6 is 0 Å². The lowest BCUT2D eigenvalue weighted by molar-refractivity contribution is 0.0597. The van der Waals surface area contributed by atoms with Crippen LogP contribution in [0.25, 0.3) is 0 Å². The summed E-state index contributed by atoms with van der Waals surface area (Å²) in [5.74, 6) is -0.576. The third-order valence-corrected chi connectivity index (χ3v) is 3.03. The Kier molecular flexibility index (Phi) is 3.58. The van der Waals surface area contributed by atoms with Gasteiger partial charge in [-0.05, 0) is 31.6 Å². The first kappa shape index (κ1) is 11.9. The number of rotatable bonds is 4.